The Morgan fingerprint density at radius 2 is 2.21 bits per heavy atom. The highest BCUT2D eigenvalue weighted by molar-refractivity contribution is 5.92. The molecule has 130 valence electrons. The number of aromatic nitrogens is 4. The molecule has 1 heterocycles. The normalized spacial score (nSPS) is 13.2. The summed E-state index contributed by atoms with van der Waals surface area (Å²) in [6.45, 7) is 3.01. The summed E-state index contributed by atoms with van der Waals surface area (Å²) in [4.78, 5) is 12.0. The van der Waals surface area contributed by atoms with Gasteiger partial charge in [0, 0.05) is 5.69 Å². The standard InChI is InChI=1S/C15H20N6O2.ClH/c1-10-18-19-20-21(10)13-7-12(5-6-14(13)23-2)17-15(22)9-16-8-11-3-4-11;/h5-7,11,16H,3-4,8-9H2,1-2H3,(H,17,22);1H. The van der Waals surface area contributed by atoms with Gasteiger partial charge in [0.2, 0.25) is 5.91 Å². The number of anilines is 1. The highest BCUT2D eigenvalue weighted by atomic mass is 35.5. The van der Waals surface area contributed by atoms with Crippen LogP contribution in [0.3, 0.4) is 0 Å². The fraction of sp³-hybridized carbons (Fsp3) is 0.467. The molecule has 0 spiro atoms. The second-order valence-electron chi connectivity index (χ2n) is 5.65. The maximum Gasteiger partial charge on any atom is 0.238 e. The van der Waals surface area contributed by atoms with Gasteiger partial charge in [-0.3, -0.25) is 4.79 Å². The molecule has 0 unspecified atom stereocenters. The van der Waals surface area contributed by atoms with Crippen molar-refractivity contribution < 1.29 is 9.53 Å². The average molecular weight is 353 g/mol. The number of amides is 1. The summed E-state index contributed by atoms with van der Waals surface area (Å²) in [5.74, 6) is 1.94. The van der Waals surface area contributed by atoms with Crippen LogP contribution in [0.1, 0.15) is 18.7 Å². The second kappa shape index (κ2) is 8.07. The number of nitrogens with zero attached hydrogens (tertiary/aromatic N) is 4. The number of rotatable bonds is 7. The van der Waals surface area contributed by atoms with E-state index in [2.05, 4.69) is 26.2 Å². The molecule has 1 aliphatic carbocycles. The molecule has 0 aliphatic heterocycles. The second-order valence-corrected chi connectivity index (χ2v) is 5.65. The predicted octanol–water partition coefficient (Wildman–Crippen LogP) is 1.34. The van der Waals surface area contributed by atoms with E-state index < -0.39 is 0 Å². The molecule has 1 aliphatic rings. The van der Waals surface area contributed by atoms with Crippen LogP contribution >= 0.6 is 12.4 Å². The zero-order valence-electron chi connectivity index (χ0n) is 13.7. The molecule has 1 fully saturated rings. The van der Waals surface area contributed by atoms with Crippen LogP contribution in [0, 0.1) is 12.8 Å². The zero-order chi connectivity index (χ0) is 16.2. The topological polar surface area (TPSA) is 94.0 Å². The average Bonchev–Trinajstić information content (AvgIpc) is 3.26. The minimum Gasteiger partial charge on any atom is -0.494 e. The van der Waals surface area contributed by atoms with Crippen molar-refractivity contribution in [1.29, 1.82) is 0 Å². The van der Waals surface area contributed by atoms with Gasteiger partial charge in [0.05, 0.1) is 13.7 Å². The minimum atomic E-state index is -0.0739. The van der Waals surface area contributed by atoms with Crippen molar-refractivity contribution in [2.75, 3.05) is 25.5 Å². The molecule has 0 saturated heterocycles. The largest absolute Gasteiger partial charge is 0.494 e. The first-order valence-electron chi connectivity index (χ1n) is 7.61. The molecule has 0 radical (unpaired) electrons. The number of carbonyl (C=O) groups excluding carboxylic acids is 1. The van der Waals surface area contributed by atoms with Gasteiger partial charge in [-0.2, -0.15) is 4.68 Å². The van der Waals surface area contributed by atoms with Crippen molar-refractivity contribution in [3.63, 3.8) is 0 Å². The molecule has 9 heteroatoms. The van der Waals surface area contributed by atoms with Gasteiger partial charge >= 0.3 is 0 Å². The van der Waals surface area contributed by atoms with Crippen molar-refractivity contribution in [2.24, 2.45) is 5.92 Å². The molecule has 1 aromatic carbocycles. The summed E-state index contributed by atoms with van der Waals surface area (Å²) in [5, 5.41) is 17.5. The Morgan fingerprint density at radius 1 is 1.42 bits per heavy atom. The van der Waals surface area contributed by atoms with E-state index in [9.17, 15) is 4.79 Å². The summed E-state index contributed by atoms with van der Waals surface area (Å²) < 4.78 is 6.91. The van der Waals surface area contributed by atoms with Crippen LogP contribution in [-0.4, -0.2) is 46.3 Å². The highest BCUT2D eigenvalue weighted by Crippen LogP contribution is 2.27. The van der Waals surface area contributed by atoms with E-state index in [1.54, 1.807) is 36.9 Å². The Bertz CT molecular complexity index is 701. The Hall–Kier alpha value is -2.19. The van der Waals surface area contributed by atoms with Gasteiger partial charge in [-0.15, -0.1) is 17.5 Å². The van der Waals surface area contributed by atoms with Gasteiger partial charge in [0.15, 0.2) is 5.82 Å². The lowest BCUT2D eigenvalue weighted by molar-refractivity contribution is -0.115. The lowest BCUT2D eigenvalue weighted by atomic mass is 10.2. The Kier molecular flexibility index (Phi) is 6.10. The number of halogens is 1. The lowest BCUT2D eigenvalue weighted by Crippen LogP contribution is -2.29. The third kappa shape index (κ3) is 4.42. The summed E-state index contributed by atoms with van der Waals surface area (Å²) in [5.41, 5.74) is 1.35. The maximum atomic E-state index is 12.0. The first-order chi connectivity index (χ1) is 11.2. The van der Waals surface area contributed by atoms with Crippen molar-refractivity contribution in [2.45, 2.75) is 19.8 Å². The van der Waals surface area contributed by atoms with E-state index in [0.717, 1.165) is 12.5 Å². The summed E-state index contributed by atoms with van der Waals surface area (Å²) in [6.07, 6.45) is 2.53. The molecule has 1 amide bonds. The fourth-order valence-corrected chi connectivity index (χ4v) is 2.30. The Morgan fingerprint density at radius 3 is 2.83 bits per heavy atom. The van der Waals surface area contributed by atoms with E-state index in [1.165, 1.54) is 12.8 Å². The maximum absolute atomic E-state index is 12.0. The van der Waals surface area contributed by atoms with Gasteiger partial charge in [0.25, 0.3) is 0 Å². The SMILES string of the molecule is COc1ccc(NC(=O)CNCC2CC2)cc1-n1nnnc1C.Cl. The summed E-state index contributed by atoms with van der Waals surface area (Å²) in [7, 11) is 1.58. The van der Waals surface area contributed by atoms with Crippen molar-refractivity contribution in [1.82, 2.24) is 25.5 Å². The number of tetrazole rings is 1. The smallest absolute Gasteiger partial charge is 0.238 e. The molecule has 0 atom stereocenters. The van der Waals surface area contributed by atoms with Crippen LogP contribution < -0.4 is 15.4 Å². The van der Waals surface area contributed by atoms with Crippen molar-refractivity contribution in [3.05, 3.63) is 24.0 Å². The lowest BCUT2D eigenvalue weighted by Gasteiger charge is -2.12. The Labute approximate surface area is 146 Å². The van der Waals surface area contributed by atoms with E-state index >= 15 is 0 Å². The molecule has 1 saturated carbocycles. The van der Waals surface area contributed by atoms with Crippen LogP contribution in [0.2, 0.25) is 0 Å². The van der Waals surface area contributed by atoms with Gasteiger partial charge in [-0.1, -0.05) is 0 Å². The van der Waals surface area contributed by atoms with Gasteiger partial charge in [-0.05, 0) is 60.9 Å². The quantitative estimate of drug-likeness (QED) is 0.781. The fourth-order valence-electron chi connectivity index (χ4n) is 2.30. The van der Waals surface area contributed by atoms with Crippen molar-refractivity contribution in [3.8, 4) is 11.4 Å². The molecule has 2 N–H and O–H groups in total. The number of aryl methyl sites for hydroxylation is 1. The Balaban J connectivity index is 0.00000208. The van der Waals surface area contributed by atoms with Crippen molar-refractivity contribution >= 4 is 24.0 Å². The molecule has 3 rings (SSSR count). The van der Waals surface area contributed by atoms with Crippen LogP contribution in [0.4, 0.5) is 5.69 Å². The number of benzene rings is 1. The third-order valence-corrected chi connectivity index (χ3v) is 3.73. The van der Waals surface area contributed by atoms with Crippen LogP contribution in [-0.2, 0) is 4.79 Å². The minimum absolute atomic E-state index is 0. The number of methoxy groups -OCH3 is 1. The summed E-state index contributed by atoms with van der Waals surface area (Å²) in [6, 6.07) is 5.37. The number of ether oxygens (including phenoxy) is 1. The predicted molar refractivity (Wildman–Crippen MR) is 91.9 cm³/mol. The number of carbonyl (C=O) groups is 1. The molecular weight excluding hydrogens is 332 g/mol. The van der Waals surface area contributed by atoms with E-state index in [4.69, 9.17) is 4.74 Å². The van der Waals surface area contributed by atoms with E-state index in [0.29, 0.717) is 29.5 Å². The number of nitrogens with one attached hydrogen (secondary N) is 2. The van der Waals surface area contributed by atoms with Gasteiger partial charge in [-0.25, -0.2) is 0 Å². The molecular formula is C15H21ClN6O2. The zero-order valence-corrected chi connectivity index (χ0v) is 14.5. The highest BCUT2D eigenvalue weighted by Gasteiger charge is 2.20. The molecule has 8 nitrogen and oxygen atoms in total. The van der Waals surface area contributed by atoms with Gasteiger partial charge < -0.3 is 15.4 Å². The first-order valence-corrected chi connectivity index (χ1v) is 7.61. The first kappa shape index (κ1) is 18.2. The number of hydrogen-bond donors (Lipinski definition) is 2. The van der Waals surface area contributed by atoms with E-state index in [-0.39, 0.29) is 18.3 Å². The summed E-state index contributed by atoms with van der Waals surface area (Å²) >= 11 is 0. The van der Waals surface area contributed by atoms with Crippen LogP contribution in [0.25, 0.3) is 5.69 Å². The molecule has 24 heavy (non-hydrogen) atoms. The molecule has 2 aromatic rings. The third-order valence-electron chi connectivity index (χ3n) is 3.73. The molecule has 0 bridgehead atoms. The van der Waals surface area contributed by atoms with Crippen LogP contribution in [0.5, 0.6) is 5.75 Å². The van der Waals surface area contributed by atoms with Crippen LogP contribution in [0.15, 0.2) is 18.2 Å². The van der Waals surface area contributed by atoms with E-state index in [1.807, 2.05) is 0 Å². The number of hydrogen-bond acceptors (Lipinski definition) is 6. The van der Waals surface area contributed by atoms with Gasteiger partial charge in [0.1, 0.15) is 11.4 Å². The molecule has 1 aromatic heterocycles. The monoisotopic (exact) mass is 352 g/mol.